The first-order chi connectivity index (χ1) is 10.4. The van der Waals surface area contributed by atoms with Crippen molar-refractivity contribution in [1.29, 1.82) is 0 Å². The molecule has 0 unspecified atom stereocenters. The standard InChI is InChI=1S/C16H21FN2O3/c1-11(12-5-7-13(17)8-6-12)18(2)15(20)10-19-9-3-4-14(19)16(21)22/h5-8,11,14H,3-4,9-10H2,1-2H3,(H,21,22)/t11-,14-/m0/s1. The molecular formula is C16H21FN2O3. The van der Waals surface area contributed by atoms with Crippen molar-refractivity contribution in [3.8, 4) is 0 Å². The van der Waals surface area contributed by atoms with Crippen LogP contribution in [-0.4, -0.2) is 53.0 Å². The lowest BCUT2D eigenvalue weighted by Gasteiger charge is -2.28. The van der Waals surface area contributed by atoms with Crippen LogP contribution in [-0.2, 0) is 9.59 Å². The number of carbonyl (C=O) groups is 2. The van der Waals surface area contributed by atoms with Gasteiger partial charge in [0.2, 0.25) is 5.91 Å². The fourth-order valence-electron chi connectivity index (χ4n) is 2.76. The van der Waals surface area contributed by atoms with Crippen molar-refractivity contribution in [2.75, 3.05) is 20.1 Å². The molecule has 0 bridgehead atoms. The SMILES string of the molecule is C[C@@H](c1ccc(F)cc1)N(C)C(=O)CN1CCC[C@H]1C(=O)O. The molecule has 0 radical (unpaired) electrons. The largest absolute Gasteiger partial charge is 0.480 e. The van der Waals surface area contributed by atoms with Crippen LogP contribution in [0.4, 0.5) is 4.39 Å². The quantitative estimate of drug-likeness (QED) is 0.902. The molecule has 1 fully saturated rings. The molecule has 0 spiro atoms. The minimum atomic E-state index is -0.875. The highest BCUT2D eigenvalue weighted by Gasteiger charge is 2.32. The van der Waals surface area contributed by atoms with Crippen molar-refractivity contribution in [3.05, 3.63) is 35.6 Å². The second-order valence-electron chi connectivity index (χ2n) is 5.70. The number of halogens is 1. The molecule has 0 saturated carbocycles. The summed E-state index contributed by atoms with van der Waals surface area (Å²) >= 11 is 0. The number of nitrogens with zero attached hydrogens (tertiary/aromatic N) is 2. The Kier molecular flexibility index (Phi) is 5.13. The van der Waals surface area contributed by atoms with E-state index in [-0.39, 0.29) is 24.3 Å². The molecule has 22 heavy (non-hydrogen) atoms. The van der Waals surface area contributed by atoms with Gasteiger partial charge < -0.3 is 10.0 Å². The third-order valence-electron chi connectivity index (χ3n) is 4.31. The normalized spacial score (nSPS) is 19.9. The van der Waals surface area contributed by atoms with Gasteiger partial charge in [0.15, 0.2) is 0 Å². The van der Waals surface area contributed by atoms with E-state index in [4.69, 9.17) is 5.11 Å². The maximum Gasteiger partial charge on any atom is 0.320 e. The zero-order chi connectivity index (χ0) is 16.3. The maximum absolute atomic E-state index is 13.0. The Balaban J connectivity index is 1.99. The van der Waals surface area contributed by atoms with Gasteiger partial charge in [0.1, 0.15) is 11.9 Å². The number of aliphatic carboxylic acids is 1. The first-order valence-corrected chi connectivity index (χ1v) is 7.38. The van der Waals surface area contributed by atoms with Crippen LogP contribution in [0.15, 0.2) is 24.3 Å². The summed E-state index contributed by atoms with van der Waals surface area (Å²) in [5, 5.41) is 9.15. The number of hydrogen-bond acceptors (Lipinski definition) is 3. The third-order valence-corrected chi connectivity index (χ3v) is 4.31. The molecule has 0 aromatic heterocycles. The van der Waals surface area contributed by atoms with Gasteiger partial charge in [-0.3, -0.25) is 14.5 Å². The van der Waals surface area contributed by atoms with Crippen LogP contribution in [0.3, 0.4) is 0 Å². The predicted molar refractivity (Wildman–Crippen MR) is 79.8 cm³/mol. The molecule has 1 N–H and O–H groups in total. The summed E-state index contributed by atoms with van der Waals surface area (Å²) in [6.45, 7) is 2.59. The van der Waals surface area contributed by atoms with Gasteiger partial charge in [0, 0.05) is 7.05 Å². The topological polar surface area (TPSA) is 60.9 Å². The lowest BCUT2D eigenvalue weighted by atomic mass is 10.1. The number of carboxylic acids is 1. The second kappa shape index (κ2) is 6.87. The van der Waals surface area contributed by atoms with Crippen molar-refractivity contribution >= 4 is 11.9 Å². The molecule has 1 aromatic carbocycles. The molecule has 1 aliphatic heterocycles. The van der Waals surface area contributed by atoms with Gasteiger partial charge in [0.25, 0.3) is 0 Å². The van der Waals surface area contributed by atoms with Crippen LogP contribution in [0.25, 0.3) is 0 Å². The smallest absolute Gasteiger partial charge is 0.320 e. The fraction of sp³-hybridized carbons (Fsp3) is 0.500. The van der Waals surface area contributed by atoms with Crippen LogP contribution in [0.5, 0.6) is 0 Å². The van der Waals surface area contributed by atoms with E-state index in [1.165, 1.54) is 12.1 Å². The Morgan fingerprint density at radius 3 is 2.64 bits per heavy atom. The van der Waals surface area contributed by atoms with E-state index in [2.05, 4.69) is 0 Å². The monoisotopic (exact) mass is 308 g/mol. The molecule has 1 aromatic rings. The number of rotatable bonds is 5. The molecule has 0 aliphatic carbocycles. The molecule has 1 amide bonds. The Morgan fingerprint density at radius 2 is 2.05 bits per heavy atom. The molecule has 2 rings (SSSR count). The van der Waals surface area contributed by atoms with Gasteiger partial charge in [-0.05, 0) is 44.0 Å². The average Bonchev–Trinajstić information content (AvgIpc) is 2.94. The van der Waals surface area contributed by atoms with Gasteiger partial charge >= 0.3 is 5.97 Å². The van der Waals surface area contributed by atoms with Crippen molar-refractivity contribution in [3.63, 3.8) is 0 Å². The van der Waals surface area contributed by atoms with Crippen LogP contribution in [0.2, 0.25) is 0 Å². The number of carbonyl (C=O) groups excluding carboxylic acids is 1. The van der Waals surface area contributed by atoms with Crippen molar-refractivity contribution in [1.82, 2.24) is 9.80 Å². The molecule has 6 heteroatoms. The Labute approximate surface area is 129 Å². The first-order valence-electron chi connectivity index (χ1n) is 7.38. The van der Waals surface area contributed by atoms with E-state index >= 15 is 0 Å². The summed E-state index contributed by atoms with van der Waals surface area (Å²) in [6.07, 6.45) is 1.38. The summed E-state index contributed by atoms with van der Waals surface area (Å²) in [6, 6.07) is 5.27. The van der Waals surface area contributed by atoms with E-state index in [1.807, 2.05) is 6.92 Å². The van der Waals surface area contributed by atoms with Crippen LogP contribution >= 0.6 is 0 Å². The van der Waals surface area contributed by atoms with E-state index < -0.39 is 12.0 Å². The van der Waals surface area contributed by atoms with Crippen molar-refractivity contribution < 1.29 is 19.1 Å². The molecule has 2 atom stereocenters. The summed E-state index contributed by atoms with van der Waals surface area (Å²) in [7, 11) is 1.68. The van der Waals surface area contributed by atoms with Gasteiger partial charge in [-0.1, -0.05) is 12.1 Å². The van der Waals surface area contributed by atoms with Gasteiger partial charge in [-0.2, -0.15) is 0 Å². The molecule has 120 valence electrons. The van der Waals surface area contributed by atoms with Gasteiger partial charge in [-0.25, -0.2) is 4.39 Å². The molecule has 1 heterocycles. The van der Waals surface area contributed by atoms with E-state index in [9.17, 15) is 14.0 Å². The Bertz CT molecular complexity index is 547. The van der Waals surface area contributed by atoms with Gasteiger partial charge in [0.05, 0.1) is 12.6 Å². The molecular weight excluding hydrogens is 287 g/mol. The summed E-state index contributed by atoms with van der Waals surface area (Å²) in [5.74, 6) is -1.32. The lowest BCUT2D eigenvalue weighted by molar-refractivity contribution is -0.143. The Hall–Kier alpha value is -1.95. The van der Waals surface area contributed by atoms with E-state index in [0.29, 0.717) is 13.0 Å². The summed E-state index contributed by atoms with van der Waals surface area (Å²) < 4.78 is 13.0. The highest BCUT2D eigenvalue weighted by atomic mass is 19.1. The summed E-state index contributed by atoms with van der Waals surface area (Å²) in [4.78, 5) is 26.8. The number of likely N-dealkylation sites (N-methyl/N-ethyl adjacent to an activating group) is 1. The van der Waals surface area contributed by atoms with Crippen LogP contribution < -0.4 is 0 Å². The fourth-order valence-corrected chi connectivity index (χ4v) is 2.76. The number of hydrogen-bond donors (Lipinski definition) is 1. The number of carboxylic acid groups (broad SMARTS) is 1. The van der Waals surface area contributed by atoms with Crippen molar-refractivity contribution in [2.45, 2.75) is 31.8 Å². The minimum absolute atomic E-state index is 0.0962. The van der Waals surface area contributed by atoms with E-state index in [1.54, 1.807) is 29.0 Å². The zero-order valence-corrected chi connectivity index (χ0v) is 12.8. The molecule has 1 saturated heterocycles. The highest BCUT2D eigenvalue weighted by Crippen LogP contribution is 2.21. The molecule has 1 aliphatic rings. The second-order valence-corrected chi connectivity index (χ2v) is 5.70. The number of amides is 1. The maximum atomic E-state index is 13.0. The average molecular weight is 308 g/mol. The Morgan fingerprint density at radius 1 is 1.41 bits per heavy atom. The minimum Gasteiger partial charge on any atom is -0.480 e. The van der Waals surface area contributed by atoms with E-state index in [0.717, 1.165) is 12.0 Å². The number of likely N-dealkylation sites (tertiary alicyclic amines) is 1. The first kappa shape index (κ1) is 16.4. The number of benzene rings is 1. The summed E-state index contributed by atoms with van der Waals surface area (Å²) in [5.41, 5.74) is 0.841. The molecule has 5 nitrogen and oxygen atoms in total. The lowest BCUT2D eigenvalue weighted by Crippen LogP contribution is -2.44. The third kappa shape index (κ3) is 3.62. The zero-order valence-electron chi connectivity index (χ0n) is 12.8. The van der Waals surface area contributed by atoms with Crippen molar-refractivity contribution in [2.24, 2.45) is 0 Å². The van der Waals surface area contributed by atoms with Gasteiger partial charge in [-0.15, -0.1) is 0 Å². The van der Waals surface area contributed by atoms with Crippen LogP contribution in [0, 0.1) is 5.82 Å². The highest BCUT2D eigenvalue weighted by molar-refractivity contribution is 5.80. The predicted octanol–water partition coefficient (Wildman–Crippen LogP) is 1.89. The van der Waals surface area contributed by atoms with Crippen LogP contribution in [0.1, 0.15) is 31.4 Å².